The molecule has 0 spiro atoms. The van der Waals surface area contributed by atoms with Crippen LogP contribution < -0.4 is 0 Å². The van der Waals surface area contributed by atoms with Crippen LogP contribution in [0.5, 0.6) is 0 Å². The fraction of sp³-hybridized carbons (Fsp3) is 0.762. The topological polar surface area (TPSA) is 78.9 Å². The number of esters is 3. The number of carbonyl (C=O) groups is 3. The molecule has 69 heavy (non-hydrogen) atoms. The summed E-state index contributed by atoms with van der Waals surface area (Å²) in [7, 11) is 0. The molecule has 0 aromatic rings. The second-order valence-electron chi connectivity index (χ2n) is 19.5. The fourth-order valence-corrected chi connectivity index (χ4v) is 8.29. The first-order valence-electron chi connectivity index (χ1n) is 29.4. The largest absolute Gasteiger partial charge is 0.462 e. The van der Waals surface area contributed by atoms with Crippen molar-refractivity contribution < 1.29 is 28.6 Å². The lowest BCUT2D eigenvalue weighted by molar-refractivity contribution is -0.167. The highest BCUT2D eigenvalue weighted by Gasteiger charge is 2.19. The van der Waals surface area contributed by atoms with Gasteiger partial charge in [-0.2, -0.15) is 0 Å². The van der Waals surface area contributed by atoms with Crippen LogP contribution in [0.4, 0.5) is 0 Å². The van der Waals surface area contributed by atoms with Crippen LogP contribution in [0.25, 0.3) is 0 Å². The molecule has 1 atom stereocenters. The SMILES string of the molecule is CC/C=C\C/C=C\C/C=C\C/C=C\CCCCCCC(=O)OC[C@H](COC(=O)CCCCCCCCCCC/C=C\C/C=C\CCCCC)OC(=O)CCCCCCCCCCCCCCCCC. The van der Waals surface area contributed by atoms with Crippen LogP contribution in [-0.2, 0) is 28.6 Å². The molecule has 0 radical (unpaired) electrons. The van der Waals surface area contributed by atoms with E-state index in [9.17, 15) is 14.4 Å². The second-order valence-corrected chi connectivity index (χ2v) is 19.5. The first kappa shape index (κ1) is 65.8. The Hall–Kier alpha value is -3.15. The van der Waals surface area contributed by atoms with Gasteiger partial charge >= 0.3 is 17.9 Å². The van der Waals surface area contributed by atoms with Crippen molar-refractivity contribution >= 4 is 17.9 Å². The second kappa shape index (κ2) is 57.4. The van der Waals surface area contributed by atoms with Crippen molar-refractivity contribution in [1.29, 1.82) is 0 Å². The van der Waals surface area contributed by atoms with Gasteiger partial charge in [0.15, 0.2) is 6.10 Å². The zero-order valence-electron chi connectivity index (χ0n) is 45.6. The van der Waals surface area contributed by atoms with Crippen molar-refractivity contribution in [3.8, 4) is 0 Å². The molecule has 0 unspecified atom stereocenters. The van der Waals surface area contributed by atoms with Gasteiger partial charge in [-0.05, 0) is 89.9 Å². The van der Waals surface area contributed by atoms with Crippen LogP contribution in [-0.4, -0.2) is 37.2 Å². The number of ether oxygens (including phenoxy) is 3. The number of allylic oxidation sites excluding steroid dienone is 12. The van der Waals surface area contributed by atoms with E-state index in [4.69, 9.17) is 14.2 Å². The van der Waals surface area contributed by atoms with Crippen molar-refractivity contribution in [1.82, 2.24) is 0 Å². The first-order valence-corrected chi connectivity index (χ1v) is 29.4. The molecule has 0 aliphatic carbocycles. The number of hydrogen-bond acceptors (Lipinski definition) is 6. The molecule has 0 bridgehead atoms. The molecule has 0 heterocycles. The van der Waals surface area contributed by atoms with Crippen molar-refractivity contribution in [2.45, 2.75) is 297 Å². The van der Waals surface area contributed by atoms with Crippen LogP contribution in [0.1, 0.15) is 290 Å². The molecule has 6 heteroatoms. The van der Waals surface area contributed by atoms with Gasteiger partial charge in [0.2, 0.25) is 0 Å². The van der Waals surface area contributed by atoms with E-state index in [1.165, 1.54) is 148 Å². The minimum Gasteiger partial charge on any atom is -0.462 e. The molecular formula is C63H110O6. The Labute approximate surface area is 427 Å². The first-order chi connectivity index (χ1) is 34.0. The van der Waals surface area contributed by atoms with Crippen LogP contribution in [0, 0.1) is 0 Å². The number of carbonyl (C=O) groups excluding carboxylic acids is 3. The molecule has 0 fully saturated rings. The van der Waals surface area contributed by atoms with Gasteiger partial charge in [0.25, 0.3) is 0 Å². The third-order valence-corrected chi connectivity index (χ3v) is 12.7. The third kappa shape index (κ3) is 55.6. The molecule has 0 amide bonds. The Bertz CT molecular complexity index is 1290. The number of unbranched alkanes of at least 4 members (excludes halogenated alkanes) is 30. The molecule has 0 aliphatic rings. The summed E-state index contributed by atoms with van der Waals surface area (Å²) < 4.78 is 16.9. The summed E-state index contributed by atoms with van der Waals surface area (Å²) in [6, 6.07) is 0. The van der Waals surface area contributed by atoms with Gasteiger partial charge in [0.05, 0.1) is 0 Å². The van der Waals surface area contributed by atoms with Gasteiger partial charge in [0, 0.05) is 19.3 Å². The fourth-order valence-electron chi connectivity index (χ4n) is 8.29. The Morgan fingerprint density at radius 2 is 0.565 bits per heavy atom. The Morgan fingerprint density at radius 1 is 0.304 bits per heavy atom. The lowest BCUT2D eigenvalue weighted by atomic mass is 10.0. The molecule has 0 saturated carbocycles. The quantitative estimate of drug-likeness (QED) is 0.0262. The molecular weight excluding hydrogens is 853 g/mol. The van der Waals surface area contributed by atoms with E-state index < -0.39 is 6.10 Å². The van der Waals surface area contributed by atoms with Crippen LogP contribution >= 0.6 is 0 Å². The summed E-state index contributed by atoms with van der Waals surface area (Å²) in [4.78, 5) is 38.2. The Kier molecular flexibility index (Phi) is 54.8. The van der Waals surface area contributed by atoms with Gasteiger partial charge in [-0.3, -0.25) is 14.4 Å². The highest BCUT2D eigenvalue weighted by Crippen LogP contribution is 2.16. The highest BCUT2D eigenvalue weighted by molar-refractivity contribution is 5.71. The molecule has 0 aliphatic heterocycles. The van der Waals surface area contributed by atoms with E-state index in [-0.39, 0.29) is 31.1 Å². The molecule has 6 nitrogen and oxygen atoms in total. The average molecular weight is 964 g/mol. The molecule has 398 valence electrons. The summed E-state index contributed by atoms with van der Waals surface area (Å²) in [6.07, 6.45) is 73.2. The van der Waals surface area contributed by atoms with Gasteiger partial charge in [-0.15, -0.1) is 0 Å². The summed E-state index contributed by atoms with van der Waals surface area (Å²) in [5.74, 6) is -0.900. The Balaban J connectivity index is 4.40. The predicted molar refractivity (Wildman–Crippen MR) is 298 cm³/mol. The number of hydrogen-bond donors (Lipinski definition) is 0. The van der Waals surface area contributed by atoms with Crippen molar-refractivity contribution in [2.75, 3.05) is 13.2 Å². The zero-order chi connectivity index (χ0) is 50.0. The maximum Gasteiger partial charge on any atom is 0.306 e. The van der Waals surface area contributed by atoms with Gasteiger partial charge in [0.1, 0.15) is 13.2 Å². The van der Waals surface area contributed by atoms with E-state index in [0.717, 1.165) is 103 Å². The van der Waals surface area contributed by atoms with Crippen LogP contribution in [0.2, 0.25) is 0 Å². The van der Waals surface area contributed by atoms with E-state index in [2.05, 4.69) is 93.7 Å². The molecule has 0 aromatic carbocycles. The Morgan fingerprint density at radius 3 is 0.913 bits per heavy atom. The minimum atomic E-state index is -0.786. The normalized spacial score (nSPS) is 12.6. The van der Waals surface area contributed by atoms with E-state index in [0.29, 0.717) is 19.3 Å². The molecule has 0 N–H and O–H groups in total. The summed E-state index contributed by atoms with van der Waals surface area (Å²) in [5, 5.41) is 0. The average Bonchev–Trinajstić information content (AvgIpc) is 3.35. The van der Waals surface area contributed by atoms with Crippen LogP contribution in [0.3, 0.4) is 0 Å². The maximum atomic E-state index is 12.9. The standard InChI is InChI=1S/C63H110O6/c1-4-7-10-13-16-19-22-25-28-30-31-33-36-38-41-44-47-50-53-56-62(65)68-59-60(69-63(66)57-54-51-48-45-42-39-34-27-24-21-18-15-12-9-6-3)58-67-61(64)55-52-49-46-43-40-37-35-32-29-26-23-20-17-14-11-8-5-2/h8,11,16-17,19-20,25-26,28-29,35,37,60H,4-7,9-10,12-15,18,21-24,27,30-34,36,38-59H2,1-3H3/b11-8-,19-16-,20-17-,28-25-,29-26-,37-35-/t60-/m1/s1. The van der Waals surface area contributed by atoms with Crippen molar-refractivity contribution in [3.05, 3.63) is 72.9 Å². The molecule has 0 saturated heterocycles. The summed E-state index contributed by atoms with van der Waals surface area (Å²) in [6.45, 7) is 6.51. The lowest BCUT2D eigenvalue weighted by Gasteiger charge is -2.18. The minimum absolute atomic E-state index is 0.0834. The van der Waals surface area contributed by atoms with Crippen molar-refractivity contribution in [2.24, 2.45) is 0 Å². The molecule has 0 rings (SSSR count). The highest BCUT2D eigenvalue weighted by atomic mass is 16.6. The monoisotopic (exact) mass is 963 g/mol. The summed E-state index contributed by atoms with van der Waals surface area (Å²) in [5.41, 5.74) is 0. The van der Waals surface area contributed by atoms with Crippen LogP contribution in [0.15, 0.2) is 72.9 Å². The van der Waals surface area contributed by atoms with E-state index >= 15 is 0 Å². The smallest absolute Gasteiger partial charge is 0.306 e. The molecule has 0 aromatic heterocycles. The predicted octanol–water partition coefficient (Wildman–Crippen LogP) is 19.8. The van der Waals surface area contributed by atoms with Gasteiger partial charge in [-0.25, -0.2) is 0 Å². The van der Waals surface area contributed by atoms with Crippen molar-refractivity contribution in [3.63, 3.8) is 0 Å². The third-order valence-electron chi connectivity index (χ3n) is 12.7. The number of rotatable bonds is 53. The van der Waals surface area contributed by atoms with E-state index in [1.807, 2.05) is 0 Å². The van der Waals surface area contributed by atoms with Gasteiger partial charge < -0.3 is 14.2 Å². The van der Waals surface area contributed by atoms with Gasteiger partial charge in [-0.1, -0.05) is 254 Å². The maximum absolute atomic E-state index is 12.9. The lowest BCUT2D eigenvalue weighted by Crippen LogP contribution is -2.30. The zero-order valence-corrected chi connectivity index (χ0v) is 45.6. The van der Waals surface area contributed by atoms with E-state index in [1.54, 1.807) is 0 Å². The summed E-state index contributed by atoms with van der Waals surface area (Å²) >= 11 is 0.